The van der Waals surface area contributed by atoms with Gasteiger partial charge in [-0.3, -0.25) is 0 Å². The molecule has 3 nitrogen and oxygen atoms in total. The average molecular weight is 193 g/mol. The highest BCUT2D eigenvalue weighted by Crippen LogP contribution is 2.10. The van der Waals surface area contributed by atoms with Crippen LogP contribution in [0.15, 0.2) is 17.7 Å². The van der Waals surface area contributed by atoms with Crippen molar-refractivity contribution in [2.45, 2.75) is 6.54 Å². The lowest BCUT2D eigenvalue weighted by atomic mass is 10.1. The number of nitrogens with one attached hydrogen (secondary N) is 1. The van der Waals surface area contributed by atoms with Crippen LogP contribution in [0.4, 0.5) is 4.39 Å². The molecule has 0 aliphatic carbocycles. The fourth-order valence-corrected chi connectivity index (χ4v) is 1.29. The fraction of sp³-hybridized carbons (Fsp3) is 0.300. The lowest BCUT2D eigenvalue weighted by Crippen LogP contribution is -2.33. The summed E-state index contributed by atoms with van der Waals surface area (Å²) in [6, 6.07) is 3.47. The smallest absolute Gasteiger partial charge is 0.217 e. The molecule has 74 valence electrons. The third-order valence-corrected chi connectivity index (χ3v) is 2.22. The molecule has 0 spiro atoms. The lowest BCUT2D eigenvalue weighted by Gasteiger charge is -2.18. The minimum atomic E-state index is -0.464. The third kappa shape index (κ3) is 1.81. The van der Waals surface area contributed by atoms with Crippen LogP contribution in [0.3, 0.4) is 0 Å². The van der Waals surface area contributed by atoms with E-state index in [-0.39, 0.29) is 6.54 Å². The molecule has 0 aromatic carbocycles. The Hall–Kier alpha value is -1.26. The standard InChI is InChI=1S/C10H12FN3/c11-10-8(4-12)1-2-9(14-10)3-7-5-13-6-7/h1-3,13H,4-6,12H2. The van der Waals surface area contributed by atoms with Crippen molar-refractivity contribution in [2.75, 3.05) is 13.1 Å². The maximum Gasteiger partial charge on any atom is 0.217 e. The molecule has 14 heavy (non-hydrogen) atoms. The van der Waals surface area contributed by atoms with E-state index >= 15 is 0 Å². The second kappa shape index (κ2) is 3.86. The van der Waals surface area contributed by atoms with E-state index in [1.165, 1.54) is 5.57 Å². The molecule has 0 saturated carbocycles. The first-order chi connectivity index (χ1) is 6.79. The highest BCUT2D eigenvalue weighted by molar-refractivity contribution is 5.51. The van der Waals surface area contributed by atoms with E-state index in [2.05, 4.69) is 10.3 Å². The summed E-state index contributed by atoms with van der Waals surface area (Å²) >= 11 is 0. The van der Waals surface area contributed by atoms with E-state index < -0.39 is 5.95 Å². The average Bonchev–Trinajstić information content (AvgIpc) is 2.12. The molecule has 0 unspecified atom stereocenters. The van der Waals surface area contributed by atoms with Gasteiger partial charge in [-0.1, -0.05) is 6.07 Å². The highest BCUT2D eigenvalue weighted by Gasteiger charge is 2.08. The molecule has 1 saturated heterocycles. The maximum absolute atomic E-state index is 13.2. The van der Waals surface area contributed by atoms with Crippen LogP contribution in [0.1, 0.15) is 11.3 Å². The Balaban J connectivity index is 2.23. The van der Waals surface area contributed by atoms with Crippen LogP contribution in [0.5, 0.6) is 0 Å². The Labute approximate surface area is 81.8 Å². The van der Waals surface area contributed by atoms with Crippen LogP contribution < -0.4 is 11.1 Å². The van der Waals surface area contributed by atoms with E-state index in [0.717, 1.165) is 13.1 Å². The van der Waals surface area contributed by atoms with Gasteiger partial charge in [0.2, 0.25) is 5.95 Å². The number of pyridine rings is 1. The predicted octanol–water partition coefficient (Wildman–Crippen LogP) is 0.666. The van der Waals surface area contributed by atoms with Gasteiger partial charge in [-0.2, -0.15) is 4.39 Å². The van der Waals surface area contributed by atoms with Gasteiger partial charge in [0.05, 0.1) is 5.69 Å². The summed E-state index contributed by atoms with van der Waals surface area (Å²) in [5, 5.41) is 3.11. The van der Waals surface area contributed by atoms with Gasteiger partial charge >= 0.3 is 0 Å². The van der Waals surface area contributed by atoms with Crippen molar-refractivity contribution in [1.29, 1.82) is 0 Å². The van der Waals surface area contributed by atoms with Crippen molar-refractivity contribution in [3.63, 3.8) is 0 Å². The van der Waals surface area contributed by atoms with Gasteiger partial charge in [-0.25, -0.2) is 4.98 Å². The van der Waals surface area contributed by atoms with Gasteiger partial charge in [0.1, 0.15) is 0 Å². The van der Waals surface area contributed by atoms with Gasteiger partial charge in [0, 0.05) is 25.2 Å². The minimum Gasteiger partial charge on any atom is -0.326 e. The van der Waals surface area contributed by atoms with Crippen molar-refractivity contribution < 1.29 is 4.39 Å². The largest absolute Gasteiger partial charge is 0.326 e. The maximum atomic E-state index is 13.2. The molecule has 1 aliphatic rings. The van der Waals surface area contributed by atoms with Crippen molar-refractivity contribution in [1.82, 2.24) is 10.3 Å². The highest BCUT2D eigenvalue weighted by atomic mass is 19.1. The zero-order valence-corrected chi connectivity index (χ0v) is 7.76. The van der Waals surface area contributed by atoms with Gasteiger partial charge < -0.3 is 11.1 Å². The quantitative estimate of drug-likeness (QED) is 0.679. The van der Waals surface area contributed by atoms with Crippen LogP contribution in [0.25, 0.3) is 6.08 Å². The molecule has 0 atom stereocenters. The van der Waals surface area contributed by atoms with Gasteiger partial charge in [-0.15, -0.1) is 0 Å². The molecule has 4 heteroatoms. The van der Waals surface area contributed by atoms with Gasteiger partial charge in [-0.05, 0) is 17.7 Å². The SMILES string of the molecule is NCc1ccc(C=C2CNC2)nc1F. The zero-order valence-electron chi connectivity index (χ0n) is 7.76. The summed E-state index contributed by atoms with van der Waals surface area (Å²) in [5.41, 5.74) is 7.70. The molecule has 2 heterocycles. The van der Waals surface area contributed by atoms with Crippen LogP contribution >= 0.6 is 0 Å². The first-order valence-electron chi connectivity index (χ1n) is 4.55. The molecule has 0 amide bonds. The van der Waals surface area contributed by atoms with E-state index in [4.69, 9.17) is 5.73 Å². The number of aromatic nitrogens is 1. The summed E-state index contributed by atoms with van der Waals surface area (Å²) in [6.45, 7) is 1.95. The normalized spacial score (nSPS) is 15.1. The first kappa shape index (κ1) is 9.30. The first-order valence-corrected chi connectivity index (χ1v) is 4.55. The van der Waals surface area contributed by atoms with E-state index in [0.29, 0.717) is 11.3 Å². The van der Waals surface area contributed by atoms with Crippen LogP contribution in [-0.2, 0) is 6.54 Å². The molecule has 0 bridgehead atoms. The molecule has 2 rings (SSSR count). The molecule has 1 aliphatic heterocycles. The molecular formula is C10H12FN3. The topological polar surface area (TPSA) is 50.9 Å². The second-order valence-corrected chi connectivity index (χ2v) is 3.30. The summed E-state index contributed by atoms with van der Waals surface area (Å²) in [4.78, 5) is 3.81. The van der Waals surface area contributed by atoms with Crippen LogP contribution in [0, 0.1) is 5.95 Å². The second-order valence-electron chi connectivity index (χ2n) is 3.30. The zero-order chi connectivity index (χ0) is 9.97. The Morgan fingerprint density at radius 3 is 2.79 bits per heavy atom. The Kier molecular flexibility index (Phi) is 2.56. The molecule has 1 aromatic heterocycles. The Bertz CT molecular complexity index is 368. The number of hydrogen-bond acceptors (Lipinski definition) is 3. The van der Waals surface area contributed by atoms with Crippen molar-refractivity contribution in [3.05, 3.63) is 34.9 Å². The Morgan fingerprint density at radius 2 is 2.29 bits per heavy atom. The molecule has 1 aromatic rings. The minimum absolute atomic E-state index is 0.192. The molecule has 0 radical (unpaired) electrons. The summed E-state index contributed by atoms with van der Waals surface area (Å²) < 4.78 is 13.2. The van der Waals surface area contributed by atoms with Gasteiger partial charge in [0.15, 0.2) is 0 Å². The summed E-state index contributed by atoms with van der Waals surface area (Å²) in [7, 11) is 0. The number of halogens is 1. The predicted molar refractivity (Wildman–Crippen MR) is 52.9 cm³/mol. The number of hydrogen-bond donors (Lipinski definition) is 2. The number of nitrogens with two attached hydrogens (primary N) is 1. The van der Waals surface area contributed by atoms with Crippen LogP contribution in [0.2, 0.25) is 0 Å². The summed E-state index contributed by atoms with van der Waals surface area (Å²) in [5.74, 6) is -0.464. The van der Waals surface area contributed by atoms with Crippen molar-refractivity contribution in [3.8, 4) is 0 Å². The number of nitrogens with zero attached hydrogens (tertiary/aromatic N) is 1. The lowest BCUT2D eigenvalue weighted by molar-refractivity contribution is 0.566. The van der Waals surface area contributed by atoms with E-state index in [9.17, 15) is 4.39 Å². The fourth-order valence-electron chi connectivity index (χ4n) is 1.29. The van der Waals surface area contributed by atoms with Crippen molar-refractivity contribution >= 4 is 6.08 Å². The third-order valence-electron chi connectivity index (χ3n) is 2.22. The van der Waals surface area contributed by atoms with Crippen LogP contribution in [-0.4, -0.2) is 18.1 Å². The monoisotopic (exact) mass is 193 g/mol. The van der Waals surface area contributed by atoms with E-state index in [1.807, 2.05) is 6.08 Å². The van der Waals surface area contributed by atoms with Gasteiger partial charge in [0.25, 0.3) is 0 Å². The molecule has 3 N–H and O–H groups in total. The molecular weight excluding hydrogens is 181 g/mol. The van der Waals surface area contributed by atoms with Crippen molar-refractivity contribution in [2.24, 2.45) is 5.73 Å². The Morgan fingerprint density at radius 1 is 1.50 bits per heavy atom. The summed E-state index contributed by atoms with van der Waals surface area (Å²) in [6.07, 6.45) is 1.90. The molecule has 1 fully saturated rings. The van der Waals surface area contributed by atoms with E-state index in [1.54, 1.807) is 12.1 Å². The number of rotatable bonds is 2.